The lowest BCUT2D eigenvalue weighted by atomic mass is 9.68. The fourth-order valence-electron chi connectivity index (χ4n) is 2.59. The summed E-state index contributed by atoms with van der Waals surface area (Å²) in [6.07, 6.45) is 2.60. The van der Waals surface area contributed by atoms with E-state index >= 15 is 0 Å². The topological polar surface area (TPSA) is 34.1 Å². The van der Waals surface area contributed by atoms with E-state index in [9.17, 15) is 9.59 Å². The maximum atomic E-state index is 11.7. The van der Waals surface area contributed by atoms with Gasteiger partial charge in [-0.3, -0.25) is 9.59 Å². The van der Waals surface area contributed by atoms with E-state index in [2.05, 4.69) is 13.8 Å². The smallest absolute Gasteiger partial charge is 0.137 e. The maximum Gasteiger partial charge on any atom is 0.137 e. The number of ketones is 2. The number of hydrogen-bond donors (Lipinski definition) is 0. The van der Waals surface area contributed by atoms with Gasteiger partial charge in [-0.2, -0.15) is 0 Å². The van der Waals surface area contributed by atoms with Gasteiger partial charge in [0.25, 0.3) is 0 Å². The maximum absolute atomic E-state index is 11.7. The van der Waals surface area contributed by atoms with Crippen molar-refractivity contribution in [2.24, 2.45) is 11.8 Å². The zero-order chi connectivity index (χ0) is 10.3. The van der Waals surface area contributed by atoms with Crippen LogP contribution in [0.5, 0.6) is 0 Å². The molecule has 0 saturated heterocycles. The molecule has 2 atom stereocenters. The molecule has 1 fully saturated rings. The predicted octanol–water partition coefficient (Wildman–Crippen LogP) is 2.28. The van der Waals surface area contributed by atoms with E-state index in [1.165, 1.54) is 11.1 Å². The first kappa shape index (κ1) is 9.63. The highest BCUT2D eigenvalue weighted by atomic mass is 16.1. The van der Waals surface area contributed by atoms with Crippen molar-refractivity contribution in [1.82, 2.24) is 0 Å². The number of rotatable bonds is 0. The summed E-state index contributed by atoms with van der Waals surface area (Å²) in [6.45, 7) is 4.16. The second kappa shape index (κ2) is 3.34. The molecular weight excluding hydrogens is 176 g/mol. The molecule has 14 heavy (non-hydrogen) atoms. The van der Waals surface area contributed by atoms with Crippen LogP contribution < -0.4 is 0 Å². The molecule has 0 amide bonds. The highest BCUT2D eigenvalue weighted by molar-refractivity contribution is 5.96. The molecule has 0 heterocycles. The molecule has 2 aliphatic rings. The average Bonchev–Trinajstić information content (AvgIpc) is 2.15. The van der Waals surface area contributed by atoms with Crippen LogP contribution in [0.3, 0.4) is 0 Å². The Bertz CT molecular complexity index is 293. The Morgan fingerprint density at radius 3 is 1.57 bits per heavy atom. The van der Waals surface area contributed by atoms with E-state index in [-0.39, 0.29) is 11.8 Å². The number of carbonyl (C=O) groups is 2. The summed E-state index contributed by atoms with van der Waals surface area (Å²) >= 11 is 0. The monoisotopic (exact) mass is 192 g/mol. The Hall–Kier alpha value is -0.920. The Balaban J connectivity index is 2.29. The Kier molecular flexibility index (Phi) is 2.30. The van der Waals surface area contributed by atoms with Gasteiger partial charge < -0.3 is 0 Å². The van der Waals surface area contributed by atoms with Gasteiger partial charge in [0, 0.05) is 24.7 Å². The predicted molar refractivity (Wildman–Crippen MR) is 53.8 cm³/mol. The van der Waals surface area contributed by atoms with Gasteiger partial charge in [-0.25, -0.2) is 0 Å². The van der Waals surface area contributed by atoms with E-state index in [4.69, 9.17) is 0 Å². The standard InChI is InChI=1S/C12H16O2/c1-7-5-9-10(6-8(7)2)12(14)4-3-11(9)13/h9-10H,3-6H2,1-2H3/t9-,10+. The first-order valence-electron chi connectivity index (χ1n) is 5.30. The Morgan fingerprint density at radius 2 is 1.21 bits per heavy atom. The van der Waals surface area contributed by atoms with E-state index in [0.717, 1.165) is 12.8 Å². The molecule has 1 saturated carbocycles. The van der Waals surface area contributed by atoms with E-state index in [1.807, 2.05) is 0 Å². The fraction of sp³-hybridized carbons (Fsp3) is 0.667. The van der Waals surface area contributed by atoms with Crippen LogP contribution in [0.15, 0.2) is 11.1 Å². The summed E-state index contributed by atoms with van der Waals surface area (Å²) in [5.41, 5.74) is 2.63. The number of hydrogen-bond acceptors (Lipinski definition) is 2. The minimum atomic E-state index is 0.0138. The van der Waals surface area contributed by atoms with Crippen molar-refractivity contribution in [3.05, 3.63) is 11.1 Å². The van der Waals surface area contributed by atoms with E-state index in [0.29, 0.717) is 24.4 Å². The normalized spacial score (nSPS) is 33.3. The molecule has 0 unspecified atom stereocenters. The zero-order valence-electron chi connectivity index (χ0n) is 8.80. The first-order valence-corrected chi connectivity index (χ1v) is 5.30. The average molecular weight is 192 g/mol. The lowest BCUT2D eigenvalue weighted by Crippen LogP contribution is -2.37. The van der Waals surface area contributed by atoms with E-state index < -0.39 is 0 Å². The lowest BCUT2D eigenvalue weighted by molar-refractivity contribution is -0.138. The van der Waals surface area contributed by atoms with Crippen molar-refractivity contribution >= 4 is 11.6 Å². The van der Waals surface area contributed by atoms with Gasteiger partial charge in [0.05, 0.1) is 0 Å². The number of Topliss-reactive ketones (excluding diaryl/α,β-unsaturated/α-hetero) is 2. The van der Waals surface area contributed by atoms with Gasteiger partial charge in [-0.05, 0) is 26.7 Å². The van der Waals surface area contributed by atoms with Gasteiger partial charge in [-0.15, -0.1) is 0 Å². The molecule has 0 aromatic carbocycles. The van der Waals surface area contributed by atoms with Crippen LogP contribution in [0.1, 0.15) is 39.5 Å². The molecular formula is C12H16O2. The molecule has 0 aliphatic heterocycles. The molecule has 76 valence electrons. The van der Waals surface area contributed by atoms with Crippen molar-refractivity contribution in [3.8, 4) is 0 Å². The van der Waals surface area contributed by atoms with Crippen LogP contribution >= 0.6 is 0 Å². The van der Waals surface area contributed by atoms with Crippen molar-refractivity contribution in [2.45, 2.75) is 39.5 Å². The molecule has 0 spiro atoms. The van der Waals surface area contributed by atoms with Crippen molar-refractivity contribution in [1.29, 1.82) is 0 Å². The highest BCUT2D eigenvalue weighted by Crippen LogP contribution is 2.39. The third kappa shape index (κ3) is 1.43. The van der Waals surface area contributed by atoms with Crippen LogP contribution in [0.25, 0.3) is 0 Å². The summed E-state index contributed by atoms with van der Waals surface area (Å²) in [5, 5.41) is 0. The molecule has 2 aliphatic carbocycles. The third-order valence-corrected chi connectivity index (χ3v) is 3.71. The fourth-order valence-corrected chi connectivity index (χ4v) is 2.59. The van der Waals surface area contributed by atoms with Crippen molar-refractivity contribution < 1.29 is 9.59 Å². The number of allylic oxidation sites excluding steroid dienone is 2. The second-order valence-electron chi connectivity index (χ2n) is 4.61. The number of fused-ring (bicyclic) bond motifs is 1. The van der Waals surface area contributed by atoms with Gasteiger partial charge >= 0.3 is 0 Å². The minimum Gasteiger partial charge on any atom is -0.299 e. The Morgan fingerprint density at radius 1 is 0.857 bits per heavy atom. The summed E-state index contributed by atoms with van der Waals surface area (Å²) in [4.78, 5) is 23.3. The van der Waals surface area contributed by atoms with Crippen LogP contribution in [0.2, 0.25) is 0 Å². The molecule has 0 N–H and O–H groups in total. The highest BCUT2D eigenvalue weighted by Gasteiger charge is 2.39. The largest absolute Gasteiger partial charge is 0.299 e. The second-order valence-corrected chi connectivity index (χ2v) is 4.61. The summed E-state index contributed by atoms with van der Waals surface area (Å²) < 4.78 is 0. The minimum absolute atomic E-state index is 0.0138. The third-order valence-electron chi connectivity index (χ3n) is 3.71. The molecule has 2 nitrogen and oxygen atoms in total. The molecule has 0 aromatic heterocycles. The molecule has 0 aromatic rings. The van der Waals surface area contributed by atoms with Gasteiger partial charge in [-0.1, -0.05) is 11.1 Å². The summed E-state index contributed by atoms with van der Waals surface area (Å²) in [7, 11) is 0. The molecule has 2 rings (SSSR count). The van der Waals surface area contributed by atoms with Gasteiger partial charge in [0.15, 0.2) is 0 Å². The van der Waals surface area contributed by atoms with Crippen LogP contribution in [-0.2, 0) is 9.59 Å². The molecule has 2 heteroatoms. The molecule has 0 bridgehead atoms. The van der Waals surface area contributed by atoms with Crippen LogP contribution in [0.4, 0.5) is 0 Å². The molecule has 0 radical (unpaired) electrons. The Labute approximate surface area is 84.4 Å². The number of carbonyl (C=O) groups excluding carboxylic acids is 2. The zero-order valence-corrected chi connectivity index (χ0v) is 8.80. The SMILES string of the molecule is CC1=C(C)C[C@H]2C(=O)CCC(=O)[C@H]2C1. The van der Waals surface area contributed by atoms with Gasteiger partial charge in [0.1, 0.15) is 11.6 Å². The summed E-state index contributed by atoms with van der Waals surface area (Å²) in [6, 6.07) is 0. The van der Waals surface area contributed by atoms with Crippen LogP contribution in [0, 0.1) is 11.8 Å². The summed E-state index contributed by atoms with van der Waals surface area (Å²) in [5.74, 6) is 0.641. The lowest BCUT2D eigenvalue weighted by Gasteiger charge is -2.34. The van der Waals surface area contributed by atoms with Crippen molar-refractivity contribution in [3.63, 3.8) is 0 Å². The van der Waals surface area contributed by atoms with E-state index in [1.54, 1.807) is 0 Å². The van der Waals surface area contributed by atoms with Crippen LogP contribution in [-0.4, -0.2) is 11.6 Å². The van der Waals surface area contributed by atoms with Crippen molar-refractivity contribution in [2.75, 3.05) is 0 Å². The first-order chi connectivity index (χ1) is 6.59. The quantitative estimate of drug-likeness (QED) is 0.552. The van der Waals surface area contributed by atoms with Gasteiger partial charge in [0.2, 0.25) is 0 Å².